The molecule has 0 fully saturated rings. The standard InChI is InChI=1S/C7H11Cl3O2/c1-12-6(11)3-2-4-7(9,10)5-8/h2-5H2,1H3. The first-order valence-corrected chi connectivity index (χ1v) is 4.81. The molecule has 0 bridgehead atoms. The Kier molecular flexibility index (Phi) is 6.06. The lowest BCUT2D eigenvalue weighted by molar-refractivity contribution is -0.140. The Morgan fingerprint density at radius 3 is 2.50 bits per heavy atom. The largest absolute Gasteiger partial charge is 0.469 e. The summed E-state index contributed by atoms with van der Waals surface area (Å²) in [5.41, 5.74) is 0. The van der Waals surface area contributed by atoms with Crippen molar-refractivity contribution in [2.75, 3.05) is 13.0 Å². The van der Waals surface area contributed by atoms with Crippen LogP contribution in [0.3, 0.4) is 0 Å². The average Bonchev–Trinajstić information content (AvgIpc) is 2.04. The van der Waals surface area contributed by atoms with Gasteiger partial charge < -0.3 is 4.74 Å². The monoisotopic (exact) mass is 232 g/mol. The number of rotatable bonds is 5. The minimum atomic E-state index is -0.921. The van der Waals surface area contributed by atoms with Gasteiger partial charge in [-0.1, -0.05) is 0 Å². The Morgan fingerprint density at radius 2 is 2.08 bits per heavy atom. The molecule has 0 aliphatic heterocycles. The lowest BCUT2D eigenvalue weighted by Gasteiger charge is -2.14. The van der Waals surface area contributed by atoms with Crippen LogP contribution in [-0.2, 0) is 9.53 Å². The Bertz CT molecular complexity index is 148. The molecule has 12 heavy (non-hydrogen) atoms. The number of alkyl halides is 3. The molecule has 0 aliphatic rings. The van der Waals surface area contributed by atoms with Gasteiger partial charge in [-0.3, -0.25) is 4.79 Å². The van der Waals surface area contributed by atoms with Gasteiger partial charge in [-0.25, -0.2) is 0 Å². The number of hydrogen-bond donors (Lipinski definition) is 0. The topological polar surface area (TPSA) is 26.3 Å². The summed E-state index contributed by atoms with van der Waals surface area (Å²) >= 11 is 16.9. The van der Waals surface area contributed by atoms with E-state index in [1.54, 1.807) is 0 Å². The smallest absolute Gasteiger partial charge is 0.305 e. The molecule has 2 nitrogen and oxygen atoms in total. The van der Waals surface area contributed by atoms with Crippen molar-refractivity contribution >= 4 is 40.8 Å². The number of halogens is 3. The lowest BCUT2D eigenvalue weighted by Crippen LogP contribution is -2.15. The van der Waals surface area contributed by atoms with Crippen LogP contribution in [-0.4, -0.2) is 23.3 Å². The molecule has 0 heterocycles. The van der Waals surface area contributed by atoms with Crippen molar-refractivity contribution in [2.24, 2.45) is 0 Å². The van der Waals surface area contributed by atoms with Crippen LogP contribution in [0, 0.1) is 0 Å². The molecule has 0 saturated carbocycles. The van der Waals surface area contributed by atoms with E-state index in [0.29, 0.717) is 19.3 Å². The van der Waals surface area contributed by atoms with Crippen LogP contribution >= 0.6 is 34.8 Å². The molecule has 0 atom stereocenters. The number of carbonyl (C=O) groups excluding carboxylic acids is 1. The van der Waals surface area contributed by atoms with Gasteiger partial charge in [0.1, 0.15) is 4.33 Å². The van der Waals surface area contributed by atoms with Gasteiger partial charge in [0.25, 0.3) is 0 Å². The summed E-state index contributed by atoms with van der Waals surface area (Å²) in [6.07, 6.45) is 1.41. The zero-order valence-electron chi connectivity index (χ0n) is 6.78. The van der Waals surface area contributed by atoms with Crippen molar-refractivity contribution in [2.45, 2.75) is 23.6 Å². The number of ether oxygens (including phenoxy) is 1. The normalized spacial score (nSPS) is 11.3. The fourth-order valence-electron chi connectivity index (χ4n) is 0.660. The molecule has 0 amide bonds. The molecule has 0 aromatic carbocycles. The van der Waals surface area contributed by atoms with E-state index < -0.39 is 4.33 Å². The molecule has 0 spiro atoms. The quantitative estimate of drug-likeness (QED) is 0.539. The van der Waals surface area contributed by atoms with Crippen molar-refractivity contribution in [3.63, 3.8) is 0 Å². The molecule has 72 valence electrons. The van der Waals surface area contributed by atoms with Gasteiger partial charge >= 0.3 is 5.97 Å². The van der Waals surface area contributed by atoms with Crippen molar-refractivity contribution in [3.8, 4) is 0 Å². The van der Waals surface area contributed by atoms with Crippen LogP contribution in [0.25, 0.3) is 0 Å². The Morgan fingerprint density at radius 1 is 1.50 bits per heavy atom. The second kappa shape index (κ2) is 5.90. The first kappa shape index (κ1) is 12.3. The van der Waals surface area contributed by atoms with E-state index in [0.717, 1.165) is 0 Å². The molecule has 0 radical (unpaired) electrons. The lowest BCUT2D eigenvalue weighted by atomic mass is 10.2. The summed E-state index contributed by atoms with van der Waals surface area (Å²) in [6, 6.07) is 0. The summed E-state index contributed by atoms with van der Waals surface area (Å²) < 4.78 is 3.52. The molecule has 0 unspecified atom stereocenters. The molecule has 0 saturated heterocycles. The highest BCUT2D eigenvalue weighted by Gasteiger charge is 2.22. The summed E-state index contributed by atoms with van der Waals surface area (Å²) in [6.45, 7) is 0. The molecule has 0 aromatic rings. The van der Waals surface area contributed by atoms with Crippen LogP contribution < -0.4 is 0 Å². The van der Waals surface area contributed by atoms with Crippen molar-refractivity contribution in [1.82, 2.24) is 0 Å². The van der Waals surface area contributed by atoms with Gasteiger partial charge in [0.05, 0.1) is 13.0 Å². The fourth-order valence-corrected chi connectivity index (χ4v) is 1.06. The maximum absolute atomic E-state index is 10.6. The number of hydrogen-bond acceptors (Lipinski definition) is 2. The van der Waals surface area contributed by atoms with Crippen molar-refractivity contribution in [1.29, 1.82) is 0 Å². The van der Waals surface area contributed by atoms with E-state index in [1.165, 1.54) is 7.11 Å². The van der Waals surface area contributed by atoms with Crippen molar-refractivity contribution < 1.29 is 9.53 Å². The first-order chi connectivity index (χ1) is 5.52. The number of carbonyl (C=O) groups is 1. The molecule has 5 heteroatoms. The van der Waals surface area contributed by atoms with E-state index >= 15 is 0 Å². The highest BCUT2D eigenvalue weighted by molar-refractivity contribution is 6.51. The zero-order valence-corrected chi connectivity index (χ0v) is 9.05. The van der Waals surface area contributed by atoms with Gasteiger partial charge in [-0.15, -0.1) is 34.8 Å². The Labute approximate surface area is 87.1 Å². The molecule has 0 aromatic heterocycles. The molecule has 0 aliphatic carbocycles. The summed E-state index contributed by atoms with van der Waals surface area (Å²) in [4.78, 5) is 10.6. The number of esters is 1. The van der Waals surface area contributed by atoms with E-state index in [9.17, 15) is 4.79 Å². The Balaban J connectivity index is 3.49. The SMILES string of the molecule is COC(=O)CCCC(Cl)(Cl)CCl. The van der Waals surface area contributed by atoms with Gasteiger partial charge in [0.2, 0.25) is 0 Å². The third-order valence-electron chi connectivity index (χ3n) is 1.35. The third kappa shape index (κ3) is 5.92. The first-order valence-electron chi connectivity index (χ1n) is 3.52. The van der Waals surface area contributed by atoms with Gasteiger partial charge in [0.15, 0.2) is 0 Å². The summed E-state index contributed by atoms with van der Waals surface area (Å²) in [7, 11) is 1.35. The van der Waals surface area contributed by atoms with E-state index in [1.807, 2.05) is 0 Å². The van der Waals surface area contributed by atoms with E-state index in [-0.39, 0.29) is 11.8 Å². The summed E-state index contributed by atoms with van der Waals surface area (Å²) in [5, 5.41) is 0. The highest BCUT2D eigenvalue weighted by atomic mass is 35.5. The predicted octanol–water partition coefficient (Wildman–Crippen LogP) is 2.74. The van der Waals surface area contributed by atoms with Crippen LogP contribution in [0.5, 0.6) is 0 Å². The fraction of sp³-hybridized carbons (Fsp3) is 0.857. The van der Waals surface area contributed by atoms with Crippen LogP contribution in [0.1, 0.15) is 19.3 Å². The van der Waals surface area contributed by atoms with Crippen LogP contribution in [0.15, 0.2) is 0 Å². The maximum Gasteiger partial charge on any atom is 0.305 e. The molecular formula is C7H11Cl3O2. The Hall–Kier alpha value is 0.340. The van der Waals surface area contributed by atoms with E-state index in [2.05, 4.69) is 4.74 Å². The maximum atomic E-state index is 10.6. The second-order valence-electron chi connectivity index (χ2n) is 2.42. The van der Waals surface area contributed by atoms with Crippen LogP contribution in [0.2, 0.25) is 0 Å². The van der Waals surface area contributed by atoms with Crippen LogP contribution in [0.4, 0.5) is 0 Å². The minimum absolute atomic E-state index is 0.164. The van der Waals surface area contributed by atoms with Gasteiger partial charge in [-0.05, 0) is 12.8 Å². The van der Waals surface area contributed by atoms with Gasteiger partial charge in [0, 0.05) is 6.42 Å². The number of methoxy groups -OCH3 is 1. The van der Waals surface area contributed by atoms with Gasteiger partial charge in [-0.2, -0.15) is 0 Å². The van der Waals surface area contributed by atoms with Crippen molar-refractivity contribution in [3.05, 3.63) is 0 Å². The molecular weight excluding hydrogens is 222 g/mol. The predicted molar refractivity (Wildman–Crippen MR) is 51.0 cm³/mol. The zero-order chi connectivity index (χ0) is 9.61. The highest BCUT2D eigenvalue weighted by Crippen LogP contribution is 2.28. The third-order valence-corrected chi connectivity index (χ3v) is 2.72. The molecule has 0 N–H and O–H groups in total. The summed E-state index contributed by atoms with van der Waals surface area (Å²) in [5.74, 6) is -0.0919. The molecule has 0 rings (SSSR count). The van der Waals surface area contributed by atoms with E-state index in [4.69, 9.17) is 34.8 Å². The second-order valence-corrected chi connectivity index (χ2v) is 4.33. The minimum Gasteiger partial charge on any atom is -0.469 e. The average molecular weight is 234 g/mol.